The zero-order valence-corrected chi connectivity index (χ0v) is 7.75. The van der Waals surface area contributed by atoms with Gasteiger partial charge in [-0.15, -0.1) is 0 Å². The summed E-state index contributed by atoms with van der Waals surface area (Å²) >= 11 is 0. The van der Waals surface area contributed by atoms with Gasteiger partial charge in [0.05, 0.1) is 12.2 Å². The summed E-state index contributed by atoms with van der Waals surface area (Å²) in [6.45, 7) is 3.64. The standard InChI is InChI=1S/C10H18O2/c1-10(11,8-4-5-8)9-3-2-6-12-7-9/h8-9,11H,2-7H2,1H3/t9-,10+/m0/s1. The molecule has 0 aromatic heterocycles. The number of ether oxygens (including phenoxy) is 1. The molecule has 1 saturated carbocycles. The van der Waals surface area contributed by atoms with Crippen molar-refractivity contribution >= 4 is 0 Å². The maximum Gasteiger partial charge on any atom is 0.0697 e. The van der Waals surface area contributed by atoms with Gasteiger partial charge in [0.25, 0.3) is 0 Å². The van der Waals surface area contributed by atoms with Gasteiger partial charge in [-0.2, -0.15) is 0 Å². The van der Waals surface area contributed by atoms with Crippen LogP contribution in [0.3, 0.4) is 0 Å². The molecule has 1 aliphatic heterocycles. The van der Waals surface area contributed by atoms with E-state index in [1.165, 1.54) is 12.8 Å². The summed E-state index contributed by atoms with van der Waals surface area (Å²) in [5.74, 6) is 0.947. The lowest BCUT2D eigenvalue weighted by Gasteiger charge is -2.35. The van der Waals surface area contributed by atoms with Gasteiger partial charge in [-0.25, -0.2) is 0 Å². The molecule has 70 valence electrons. The molecule has 0 bridgehead atoms. The van der Waals surface area contributed by atoms with E-state index in [2.05, 4.69) is 0 Å². The van der Waals surface area contributed by atoms with Crippen molar-refractivity contribution in [2.75, 3.05) is 13.2 Å². The molecule has 2 rings (SSSR count). The Kier molecular flexibility index (Phi) is 2.13. The van der Waals surface area contributed by atoms with Crippen molar-refractivity contribution in [1.82, 2.24) is 0 Å². The zero-order chi connectivity index (χ0) is 8.60. The lowest BCUT2D eigenvalue weighted by Crippen LogP contribution is -2.41. The van der Waals surface area contributed by atoms with Gasteiger partial charge in [0, 0.05) is 12.5 Å². The summed E-state index contributed by atoms with van der Waals surface area (Å²) in [5, 5.41) is 10.2. The van der Waals surface area contributed by atoms with Crippen LogP contribution in [0.2, 0.25) is 0 Å². The summed E-state index contributed by atoms with van der Waals surface area (Å²) in [6, 6.07) is 0. The van der Waals surface area contributed by atoms with Gasteiger partial charge in [-0.05, 0) is 38.5 Å². The third-order valence-electron chi connectivity index (χ3n) is 3.39. The fraction of sp³-hybridized carbons (Fsp3) is 1.00. The van der Waals surface area contributed by atoms with Crippen molar-refractivity contribution in [3.05, 3.63) is 0 Å². The first-order valence-electron chi connectivity index (χ1n) is 5.01. The van der Waals surface area contributed by atoms with Crippen LogP contribution in [-0.4, -0.2) is 23.9 Å². The van der Waals surface area contributed by atoms with Crippen LogP contribution in [0, 0.1) is 11.8 Å². The normalized spacial score (nSPS) is 36.0. The van der Waals surface area contributed by atoms with E-state index in [9.17, 15) is 5.11 Å². The predicted octanol–water partition coefficient (Wildman–Crippen LogP) is 1.57. The predicted molar refractivity (Wildman–Crippen MR) is 46.9 cm³/mol. The Bertz CT molecular complexity index is 155. The van der Waals surface area contributed by atoms with Gasteiger partial charge in [-0.3, -0.25) is 0 Å². The van der Waals surface area contributed by atoms with E-state index >= 15 is 0 Å². The van der Waals surface area contributed by atoms with E-state index in [0.29, 0.717) is 11.8 Å². The first kappa shape index (κ1) is 8.52. The van der Waals surface area contributed by atoms with Crippen LogP contribution in [0.4, 0.5) is 0 Å². The highest BCUT2D eigenvalue weighted by Crippen LogP contribution is 2.45. The van der Waals surface area contributed by atoms with Crippen LogP contribution in [0.25, 0.3) is 0 Å². The maximum absolute atomic E-state index is 10.2. The van der Waals surface area contributed by atoms with Crippen LogP contribution in [0.5, 0.6) is 0 Å². The number of rotatable bonds is 2. The Balaban J connectivity index is 1.95. The molecule has 0 aromatic rings. The quantitative estimate of drug-likeness (QED) is 0.681. The SMILES string of the molecule is C[C@@](O)(C1CC1)[C@H]1CCCOC1. The highest BCUT2D eigenvalue weighted by molar-refractivity contribution is 4.96. The highest BCUT2D eigenvalue weighted by atomic mass is 16.5. The van der Waals surface area contributed by atoms with Crippen molar-refractivity contribution < 1.29 is 9.84 Å². The van der Waals surface area contributed by atoms with E-state index in [-0.39, 0.29) is 0 Å². The van der Waals surface area contributed by atoms with E-state index < -0.39 is 5.60 Å². The minimum absolute atomic E-state index is 0.388. The molecule has 1 aliphatic carbocycles. The highest BCUT2D eigenvalue weighted by Gasteiger charge is 2.45. The monoisotopic (exact) mass is 170 g/mol. The molecule has 0 radical (unpaired) electrons. The molecule has 0 unspecified atom stereocenters. The number of hydrogen-bond donors (Lipinski definition) is 1. The molecule has 12 heavy (non-hydrogen) atoms. The van der Waals surface area contributed by atoms with E-state index in [0.717, 1.165) is 26.1 Å². The molecule has 2 fully saturated rings. The summed E-state index contributed by atoms with van der Waals surface area (Å²) in [4.78, 5) is 0. The van der Waals surface area contributed by atoms with Crippen molar-refractivity contribution in [3.8, 4) is 0 Å². The summed E-state index contributed by atoms with van der Waals surface area (Å²) in [6.07, 6.45) is 4.68. The average Bonchev–Trinajstić information content (AvgIpc) is 2.88. The number of aliphatic hydroxyl groups is 1. The molecular formula is C10H18O2. The summed E-state index contributed by atoms with van der Waals surface area (Å²) in [5.41, 5.74) is -0.444. The summed E-state index contributed by atoms with van der Waals surface area (Å²) < 4.78 is 5.39. The summed E-state index contributed by atoms with van der Waals surface area (Å²) in [7, 11) is 0. The third kappa shape index (κ3) is 1.50. The first-order valence-corrected chi connectivity index (χ1v) is 5.01. The Morgan fingerprint density at radius 1 is 1.25 bits per heavy atom. The van der Waals surface area contributed by atoms with Crippen LogP contribution in [0.1, 0.15) is 32.6 Å². The van der Waals surface area contributed by atoms with E-state index in [4.69, 9.17) is 4.74 Å². The van der Waals surface area contributed by atoms with Crippen LogP contribution in [-0.2, 0) is 4.74 Å². The zero-order valence-electron chi connectivity index (χ0n) is 7.75. The topological polar surface area (TPSA) is 29.5 Å². The third-order valence-corrected chi connectivity index (χ3v) is 3.39. The number of hydrogen-bond acceptors (Lipinski definition) is 2. The van der Waals surface area contributed by atoms with Crippen molar-refractivity contribution in [3.63, 3.8) is 0 Å². The molecule has 0 aromatic carbocycles. The lowest BCUT2D eigenvalue weighted by molar-refractivity contribution is -0.0807. The lowest BCUT2D eigenvalue weighted by atomic mass is 9.81. The minimum atomic E-state index is -0.444. The first-order chi connectivity index (χ1) is 5.71. The molecule has 2 aliphatic rings. The van der Waals surface area contributed by atoms with Crippen LogP contribution in [0.15, 0.2) is 0 Å². The molecule has 0 amide bonds. The Labute approximate surface area is 73.9 Å². The molecule has 2 atom stereocenters. The minimum Gasteiger partial charge on any atom is -0.390 e. The van der Waals surface area contributed by atoms with Gasteiger partial charge in [0.2, 0.25) is 0 Å². The van der Waals surface area contributed by atoms with Gasteiger partial charge >= 0.3 is 0 Å². The van der Waals surface area contributed by atoms with Gasteiger partial charge < -0.3 is 9.84 Å². The molecule has 1 heterocycles. The second-order valence-electron chi connectivity index (χ2n) is 4.41. The van der Waals surface area contributed by atoms with E-state index in [1.54, 1.807) is 0 Å². The Morgan fingerprint density at radius 2 is 2.00 bits per heavy atom. The van der Waals surface area contributed by atoms with Crippen molar-refractivity contribution in [2.45, 2.75) is 38.2 Å². The Morgan fingerprint density at radius 3 is 2.50 bits per heavy atom. The largest absolute Gasteiger partial charge is 0.390 e. The van der Waals surface area contributed by atoms with Crippen molar-refractivity contribution in [1.29, 1.82) is 0 Å². The van der Waals surface area contributed by atoms with Crippen molar-refractivity contribution in [2.24, 2.45) is 11.8 Å². The average molecular weight is 170 g/mol. The van der Waals surface area contributed by atoms with Gasteiger partial charge in [-0.1, -0.05) is 0 Å². The van der Waals surface area contributed by atoms with Crippen LogP contribution >= 0.6 is 0 Å². The fourth-order valence-electron chi connectivity index (χ4n) is 2.20. The second-order valence-corrected chi connectivity index (χ2v) is 4.41. The molecule has 0 spiro atoms. The second kappa shape index (κ2) is 3.00. The van der Waals surface area contributed by atoms with Crippen LogP contribution < -0.4 is 0 Å². The molecular weight excluding hydrogens is 152 g/mol. The van der Waals surface area contributed by atoms with E-state index in [1.807, 2.05) is 6.92 Å². The molecule has 2 heteroatoms. The molecule has 2 nitrogen and oxygen atoms in total. The molecule has 1 N–H and O–H groups in total. The maximum atomic E-state index is 10.2. The van der Waals surface area contributed by atoms with Gasteiger partial charge in [0.1, 0.15) is 0 Å². The fourth-order valence-corrected chi connectivity index (χ4v) is 2.20. The molecule has 1 saturated heterocycles. The smallest absolute Gasteiger partial charge is 0.0697 e. The Hall–Kier alpha value is -0.0800. The van der Waals surface area contributed by atoms with Gasteiger partial charge in [0.15, 0.2) is 0 Å².